The predicted octanol–water partition coefficient (Wildman–Crippen LogP) is 6.19. The molecule has 0 aliphatic heterocycles. The summed E-state index contributed by atoms with van der Waals surface area (Å²) in [6, 6.07) is 21.2. The van der Waals surface area contributed by atoms with E-state index in [4.69, 9.17) is 4.98 Å². The summed E-state index contributed by atoms with van der Waals surface area (Å²) in [4.78, 5) is 18.7. The molecular formula is C30H35N3O3S. The van der Waals surface area contributed by atoms with Crippen LogP contribution in [0.1, 0.15) is 70.5 Å². The average molecular weight is 518 g/mol. The van der Waals surface area contributed by atoms with Crippen molar-refractivity contribution in [2.45, 2.75) is 63.8 Å². The lowest BCUT2D eigenvalue weighted by molar-refractivity contribution is 0.379. The molecule has 4 rings (SSSR count). The highest BCUT2D eigenvalue weighted by atomic mass is 32.2. The number of para-hydroxylation sites is 1. The molecule has 0 aliphatic carbocycles. The molecule has 0 aliphatic rings. The van der Waals surface area contributed by atoms with Crippen LogP contribution in [0.3, 0.4) is 0 Å². The lowest BCUT2D eigenvalue weighted by Crippen LogP contribution is -2.35. The molecule has 0 saturated heterocycles. The minimum atomic E-state index is -3.84. The summed E-state index contributed by atoms with van der Waals surface area (Å²) in [5.74, 6) is 0.659. The van der Waals surface area contributed by atoms with Gasteiger partial charge in [-0.1, -0.05) is 71.0 Å². The summed E-state index contributed by atoms with van der Waals surface area (Å²) >= 11 is 0. The van der Waals surface area contributed by atoms with E-state index >= 15 is 0 Å². The summed E-state index contributed by atoms with van der Waals surface area (Å²) in [6.07, 6.45) is 0. The third kappa shape index (κ3) is 5.11. The third-order valence-electron chi connectivity index (χ3n) is 6.94. The molecule has 1 heterocycles. The Bertz CT molecular complexity index is 1580. The molecule has 194 valence electrons. The molecule has 1 unspecified atom stereocenters. The number of benzene rings is 3. The number of hydrogen-bond acceptors (Lipinski definition) is 4. The molecule has 0 amide bonds. The number of nitrogens with zero attached hydrogens (tertiary/aromatic N) is 3. The molecule has 37 heavy (non-hydrogen) atoms. The Labute approximate surface area is 219 Å². The highest BCUT2D eigenvalue weighted by molar-refractivity contribution is 7.89. The van der Waals surface area contributed by atoms with Crippen LogP contribution in [0.25, 0.3) is 16.6 Å². The van der Waals surface area contributed by atoms with Gasteiger partial charge in [-0.3, -0.25) is 9.36 Å². The van der Waals surface area contributed by atoms with Crippen LogP contribution in [0.5, 0.6) is 0 Å². The Balaban J connectivity index is 1.85. The fourth-order valence-corrected chi connectivity index (χ4v) is 5.68. The van der Waals surface area contributed by atoms with Crippen LogP contribution in [-0.2, 0) is 15.4 Å². The van der Waals surface area contributed by atoms with Gasteiger partial charge in [-0.25, -0.2) is 13.4 Å². The number of rotatable bonds is 6. The van der Waals surface area contributed by atoms with E-state index in [0.717, 1.165) is 11.1 Å². The fraction of sp³-hybridized carbons (Fsp3) is 0.333. The molecule has 4 aromatic rings. The Kier molecular flexibility index (Phi) is 7.14. The van der Waals surface area contributed by atoms with Crippen LogP contribution < -0.4 is 5.56 Å². The van der Waals surface area contributed by atoms with E-state index < -0.39 is 16.1 Å². The van der Waals surface area contributed by atoms with E-state index in [1.807, 2.05) is 42.5 Å². The van der Waals surface area contributed by atoms with Crippen molar-refractivity contribution in [3.63, 3.8) is 0 Å². The molecule has 0 spiro atoms. The van der Waals surface area contributed by atoms with Crippen molar-refractivity contribution < 1.29 is 8.42 Å². The van der Waals surface area contributed by atoms with E-state index in [1.165, 1.54) is 15.9 Å². The van der Waals surface area contributed by atoms with Gasteiger partial charge in [-0.2, -0.15) is 4.31 Å². The Morgan fingerprint density at radius 3 is 2.03 bits per heavy atom. The van der Waals surface area contributed by atoms with E-state index in [0.29, 0.717) is 28.3 Å². The Hall–Kier alpha value is -3.29. The predicted molar refractivity (Wildman–Crippen MR) is 150 cm³/mol. The molecule has 1 atom stereocenters. The number of aromatic nitrogens is 2. The average Bonchev–Trinajstić information content (AvgIpc) is 2.87. The summed E-state index contributed by atoms with van der Waals surface area (Å²) in [7, 11) is -2.31. The number of hydrogen-bond donors (Lipinski definition) is 0. The standard InChI is InChI=1S/C30H35N3O3S/c1-20(2)22-12-18-25(19-13-22)37(35,36)32(7)21(3)28-31-27-11-9-8-10-26(27)29(34)33(28)24-16-14-23(15-17-24)30(4,5)6/h8-21H,1-7H3. The highest BCUT2D eigenvalue weighted by Gasteiger charge is 2.30. The largest absolute Gasteiger partial charge is 0.268 e. The zero-order chi connectivity index (χ0) is 27.1. The van der Waals surface area contributed by atoms with Gasteiger partial charge in [0.1, 0.15) is 5.82 Å². The summed E-state index contributed by atoms with van der Waals surface area (Å²) in [5, 5.41) is 0.480. The zero-order valence-corrected chi connectivity index (χ0v) is 23.4. The zero-order valence-electron chi connectivity index (χ0n) is 22.6. The first-order valence-electron chi connectivity index (χ1n) is 12.5. The van der Waals surface area contributed by atoms with Gasteiger partial charge in [0.05, 0.1) is 27.5 Å². The molecule has 7 heteroatoms. The molecule has 1 aromatic heterocycles. The normalized spacial score (nSPS) is 13.4. The lowest BCUT2D eigenvalue weighted by atomic mass is 9.87. The fourth-order valence-electron chi connectivity index (χ4n) is 4.35. The number of fused-ring (bicyclic) bond motifs is 1. The maximum Gasteiger partial charge on any atom is 0.266 e. The van der Waals surface area contributed by atoms with Crippen molar-refractivity contribution in [2.75, 3.05) is 7.05 Å². The summed E-state index contributed by atoms with van der Waals surface area (Å²) in [5.41, 5.74) is 3.11. The molecule has 0 fully saturated rings. The van der Waals surface area contributed by atoms with Gasteiger partial charge in [0.25, 0.3) is 5.56 Å². The lowest BCUT2D eigenvalue weighted by Gasteiger charge is -2.27. The maximum absolute atomic E-state index is 13.7. The van der Waals surface area contributed by atoms with Crippen LogP contribution in [-0.4, -0.2) is 29.3 Å². The van der Waals surface area contributed by atoms with E-state index in [-0.39, 0.29) is 15.9 Å². The van der Waals surface area contributed by atoms with Crippen molar-refractivity contribution in [1.29, 1.82) is 0 Å². The minimum Gasteiger partial charge on any atom is -0.268 e. The molecule has 0 N–H and O–H groups in total. The van der Waals surface area contributed by atoms with Crippen molar-refractivity contribution in [1.82, 2.24) is 13.9 Å². The van der Waals surface area contributed by atoms with Gasteiger partial charge >= 0.3 is 0 Å². The van der Waals surface area contributed by atoms with Crippen LogP contribution in [0.4, 0.5) is 0 Å². The van der Waals surface area contributed by atoms with Gasteiger partial charge in [0, 0.05) is 7.05 Å². The monoisotopic (exact) mass is 517 g/mol. The van der Waals surface area contributed by atoms with Crippen molar-refractivity contribution >= 4 is 20.9 Å². The quantitative estimate of drug-likeness (QED) is 0.306. The van der Waals surface area contributed by atoms with Crippen LogP contribution >= 0.6 is 0 Å². The smallest absolute Gasteiger partial charge is 0.266 e. The van der Waals surface area contributed by atoms with Gasteiger partial charge in [0.2, 0.25) is 10.0 Å². The maximum atomic E-state index is 13.7. The summed E-state index contributed by atoms with van der Waals surface area (Å²) < 4.78 is 30.0. The van der Waals surface area contributed by atoms with Crippen LogP contribution in [0.2, 0.25) is 0 Å². The van der Waals surface area contributed by atoms with Gasteiger partial charge in [-0.15, -0.1) is 0 Å². The SMILES string of the molecule is CC(C)c1ccc(S(=O)(=O)N(C)C(C)c2nc3ccccc3c(=O)n2-c2ccc(C(C)(C)C)cc2)cc1. The summed E-state index contributed by atoms with van der Waals surface area (Å²) in [6.45, 7) is 12.3. The third-order valence-corrected chi connectivity index (χ3v) is 8.88. The second kappa shape index (κ2) is 9.88. The second-order valence-electron chi connectivity index (χ2n) is 10.8. The van der Waals surface area contributed by atoms with Crippen molar-refractivity contribution in [2.24, 2.45) is 0 Å². The molecule has 0 saturated carbocycles. The molecular weight excluding hydrogens is 482 g/mol. The van der Waals surface area contributed by atoms with Gasteiger partial charge < -0.3 is 0 Å². The second-order valence-corrected chi connectivity index (χ2v) is 12.8. The van der Waals surface area contributed by atoms with Crippen molar-refractivity contribution in [3.05, 3.63) is 100 Å². The minimum absolute atomic E-state index is 0.0410. The molecule has 0 radical (unpaired) electrons. The first-order chi connectivity index (χ1) is 17.3. The molecule has 6 nitrogen and oxygen atoms in total. The van der Waals surface area contributed by atoms with Gasteiger partial charge in [0.15, 0.2) is 0 Å². The molecule has 0 bridgehead atoms. The topological polar surface area (TPSA) is 72.3 Å². The molecule has 3 aromatic carbocycles. The van der Waals surface area contributed by atoms with E-state index in [2.05, 4.69) is 34.6 Å². The Morgan fingerprint density at radius 2 is 1.46 bits per heavy atom. The first kappa shape index (κ1) is 26.8. The highest BCUT2D eigenvalue weighted by Crippen LogP contribution is 2.29. The van der Waals surface area contributed by atoms with E-state index in [1.54, 1.807) is 37.3 Å². The Morgan fingerprint density at radius 1 is 0.865 bits per heavy atom. The van der Waals surface area contributed by atoms with E-state index in [9.17, 15) is 13.2 Å². The van der Waals surface area contributed by atoms with Crippen LogP contribution in [0, 0.1) is 0 Å². The van der Waals surface area contributed by atoms with Gasteiger partial charge in [-0.05, 0) is 65.8 Å². The number of sulfonamides is 1. The first-order valence-corrected chi connectivity index (χ1v) is 14.0. The van der Waals surface area contributed by atoms with Crippen molar-refractivity contribution in [3.8, 4) is 5.69 Å². The van der Waals surface area contributed by atoms with Crippen LogP contribution in [0.15, 0.2) is 82.5 Å².